The van der Waals surface area contributed by atoms with E-state index in [9.17, 15) is 4.79 Å². The number of hydrogen-bond donors (Lipinski definition) is 1. The molecule has 0 saturated carbocycles. The monoisotopic (exact) mass is 693 g/mol. The summed E-state index contributed by atoms with van der Waals surface area (Å²) in [5.41, 5.74) is 3.56. The number of likely N-dealkylation sites (tertiary alicyclic amines) is 2. The van der Waals surface area contributed by atoms with Gasteiger partial charge in [0.1, 0.15) is 23.4 Å². The molecular weight excluding hydrogens is 653 g/mol. The van der Waals surface area contributed by atoms with Crippen LogP contribution in [-0.2, 0) is 9.47 Å². The summed E-state index contributed by atoms with van der Waals surface area (Å²) >= 11 is 12.7. The second-order valence-corrected chi connectivity index (χ2v) is 14.1. The molecule has 254 valence electrons. The summed E-state index contributed by atoms with van der Waals surface area (Å²) in [7, 11) is 3.36. The zero-order valence-corrected chi connectivity index (χ0v) is 29.0. The maximum Gasteiger partial charge on any atom is 0.319 e. The molecule has 1 aromatic carbocycles. The number of benzene rings is 1. The molecule has 4 aromatic rings. The van der Waals surface area contributed by atoms with E-state index in [1.807, 2.05) is 41.1 Å². The molecule has 13 heteroatoms. The van der Waals surface area contributed by atoms with Gasteiger partial charge < -0.3 is 28.9 Å². The number of anilines is 1. The molecule has 2 amide bonds. The predicted molar refractivity (Wildman–Crippen MR) is 186 cm³/mol. The summed E-state index contributed by atoms with van der Waals surface area (Å²) in [6.07, 6.45) is 8.28. The number of hydrogen-bond acceptors (Lipinski definition) is 8. The average Bonchev–Trinajstić information content (AvgIpc) is 3.51. The van der Waals surface area contributed by atoms with Gasteiger partial charge in [-0.25, -0.2) is 9.78 Å². The molecule has 3 aromatic heterocycles. The van der Waals surface area contributed by atoms with E-state index in [-0.39, 0.29) is 23.8 Å². The third-order valence-corrected chi connectivity index (χ3v) is 10.9. The number of nitrogens with one attached hydrogen (secondary N) is 1. The minimum Gasteiger partial charge on any atom is -0.486 e. The lowest BCUT2D eigenvalue weighted by Crippen LogP contribution is -2.62. The zero-order chi connectivity index (χ0) is 33.4. The van der Waals surface area contributed by atoms with Crippen LogP contribution in [0.2, 0.25) is 10.0 Å². The average molecular weight is 695 g/mol. The molecule has 11 nitrogen and oxygen atoms in total. The Kier molecular flexibility index (Phi) is 9.39. The highest BCUT2D eigenvalue weighted by Crippen LogP contribution is 2.43. The lowest BCUT2D eigenvalue weighted by Gasteiger charge is -2.54. The van der Waals surface area contributed by atoms with Crippen LogP contribution in [0.25, 0.3) is 22.2 Å². The number of carbonyl (C=O) groups is 1. The molecule has 1 N–H and O–H groups in total. The van der Waals surface area contributed by atoms with Crippen molar-refractivity contribution in [3.63, 3.8) is 0 Å². The van der Waals surface area contributed by atoms with Crippen LogP contribution in [0.15, 0.2) is 48.9 Å². The predicted octanol–water partition coefficient (Wildman–Crippen LogP) is 6.82. The van der Waals surface area contributed by atoms with Gasteiger partial charge in [-0.05, 0) is 62.9 Å². The highest BCUT2D eigenvalue weighted by molar-refractivity contribution is 6.35. The van der Waals surface area contributed by atoms with Crippen molar-refractivity contribution in [1.82, 2.24) is 30.0 Å². The number of H-pyrrole nitrogens is 1. The highest BCUT2D eigenvalue weighted by atomic mass is 35.5. The van der Waals surface area contributed by atoms with E-state index in [2.05, 4.69) is 32.2 Å². The van der Waals surface area contributed by atoms with Crippen LogP contribution in [0.5, 0.6) is 5.75 Å². The smallest absolute Gasteiger partial charge is 0.319 e. The number of ether oxygens (including phenoxy) is 3. The van der Waals surface area contributed by atoms with Crippen molar-refractivity contribution in [2.75, 3.05) is 58.4 Å². The molecule has 3 fully saturated rings. The molecule has 7 rings (SSSR count). The van der Waals surface area contributed by atoms with Crippen molar-refractivity contribution >= 4 is 46.0 Å². The second-order valence-electron chi connectivity index (χ2n) is 13.3. The third-order valence-electron chi connectivity index (χ3n) is 10.3. The Labute approximate surface area is 290 Å². The van der Waals surface area contributed by atoms with Gasteiger partial charge in [0.25, 0.3) is 0 Å². The standard InChI is InChI=1S/C35H41Cl2N7O4/c1-22(31-27(36)18-38-19-28(31)37)48-25-5-6-29-26(16-25)32(41-40-29)24-4-7-30(39-17-24)44-20-35(21-44)10-14-43(15-11-35)34(45)42-12-8-23(9-13-42)33(46-2)47-3/h4-7,16-19,22-23,33H,8-15,20-21H2,1-3H3,(H,40,41)/t22-/m1/s1. The van der Waals surface area contributed by atoms with Crippen LogP contribution in [0.1, 0.15) is 44.3 Å². The molecule has 1 spiro atoms. The number of methoxy groups -OCH3 is 2. The molecule has 48 heavy (non-hydrogen) atoms. The molecule has 0 aliphatic carbocycles. The summed E-state index contributed by atoms with van der Waals surface area (Å²) in [4.78, 5) is 28.5. The number of aromatic amines is 1. The van der Waals surface area contributed by atoms with Gasteiger partial charge in [0, 0.05) is 99.9 Å². The first-order valence-electron chi connectivity index (χ1n) is 16.5. The van der Waals surface area contributed by atoms with Crippen LogP contribution >= 0.6 is 23.2 Å². The van der Waals surface area contributed by atoms with Crippen molar-refractivity contribution in [2.45, 2.75) is 45.0 Å². The number of urea groups is 1. The Balaban J connectivity index is 0.937. The Bertz CT molecular complexity index is 1720. The molecule has 3 saturated heterocycles. The Morgan fingerprint density at radius 3 is 2.29 bits per heavy atom. The molecule has 3 aliphatic heterocycles. The van der Waals surface area contributed by atoms with Crippen molar-refractivity contribution in [3.05, 3.63) is 64.5 Å². The van der Waals surface area contributed by atoms with Gasteiger partial charge in [-0.15, -0.1) is 0 Å². The SMILES string of the molecule is COC(OC)C1CCN(C(=O)N2CCC3(CC2)CN(c2ccc(-c4n[nH]c5ccc(O[C@H](C)c6c(Cl)cncc6Cl)cc45)cn2)C3)CC1. The van der Waals surface area contributed by atoms with Crippen molar-refractivity contribution in [3.8, 4) is 17.0 Å². The van der Waals surface area contributed by atoms with Gasteiger partial charge in [-0.2, -0.15) is 5.10 Å². The first-order chi connectivity index (χ1) is 23.3. The Hall–Kier alpha value is -3.64. The minimum atomic E-state index is -0.372. The number of pyridine rings is 2. The van der Waals surface area contributed by atoms with Gasteiger partial charge in [0.15, 0.2) is 6.29 Å². The highest BCUT2D eigenvalue weighted by Gasteiger charge is 2.46. The zero-order valence-electron chi connectivity index (χ0n) is 27.5. The topological polar surface area (TPSA) is 109 Å². The largest absolute Gasteiger partial charge is 0.486 e. The van der Waals surface area contributed by atoms with E-state index in [1.54, 1.807) is 26.6 Å². The van der Waals surface area contributed by atoms with Crippen molar-refractivity contribution in [2.24, 2.45) is 11.3 Å². The lowest BCUT2D eigenvalue weighted by molar-refractivity contribution is -0.145. The molecular formula is C35H41Cl2N7O4. The van der Waals surface area contributed by atoms with Crippen LogP contribution in [0.3, 0.4) is 0 Å². The number of piperidine rings is 2. The summed E-state index contributed by atoms with van der Waals surface area (Å²) in [6.45, 7) is 6.93. The van der Waals surface area contributed by atoms with Crippen LogP contribution in [0.4, 0.5) is 10.6 Å². The summed E-state index contributed by atoms with van der Waals surface area (Å²) in [5.74, 6) is 1.97. The number of aromatic nitrogens is 4. The van der Waals surface area contributed by atoms with Crippen molar-refractivity contribution < 1.29 is 19.0 Å². The fraction of sp³-hybridized carbons (Fsp3) is 0.486. The van der Waals surface area contributed by atoms with Gasteiger partial charge in [-0.1, -0.05) is 23.2 Å². The van der Waals surface area contributed by atoms with Gasteiger partial charge >= 0.3 is 6.03 Å². The fourth-order valence-corrected chi connectivity index (χ4v) is 8.20. The van der Waals surface area contributed by atoms with Crippen LogP contribution < -0.4 is 9.64 Å². The molecule has 3 aliphatic rings. The number of fused-ring (bicyclic) bond motifs is 1. The molecule has 0 bridgehead atoms. The molecule has 1 atom stereocenters. The van der Waals surface area contributed by atoms with E-state index in [4.69, 9.17) is 42.4 Å². The summed E-state index contributed by atoms with van der Waals surface area (Å²) in [6, 6.07) is 10.1. The van der Waals surface area contributed by atoms with E-state index in [0.717, 1.165) is 92.9 Å². The fourth-order valence-electron chi connectivity index (χ4n) is 7.53. The summed E-state index contributed by atoms with van der Waals surface area (Å²) < 4.78 is 17.1. The minimum absolute atomic E-state index is 0.171. The number of amides is 2. The lowest BCUT2D eigenvalue weighted by atomic mass is 9.72. The first-order valence-corrected chi connectivity index (χ1v) is 17.3. The number of nitrogens with zero attached hydrogens (tertiary/aromatic N) is 6. The third kappa shape index (κ3) is 6.41. The second kappa shape index (κ2) is 13.7. The normalized spacial score (nSPS) is 18.8. The Morgan fingerprint density at radius 1 is 0.958 bits per heavy atom. The van der Waals surface area contributed by atoms with Gasteiger partial charge in [-0.3, -0.25) is 10.1 Å². The van der Waals surface area contributed by atoms with Crippen molar-refractivity contribution in [1.29, 1.82) is 0 Å². The number of halogens is 2. The maximum absolute atomic E-state index is 13.3. The summed E-state index contributed by atoms with van der Waals surface area (Å²) in [5, 5.41) is 9.58. The van der Waals surface area contributed by atoms with E-state index in [0.29, 0.717) is 27.3 Å². The quantitative estimate of drug-likeness (QED) is 0.200. The van der Waals surface area contributed by atoms with Gasteiger partial charge in [0.2, 0.25) is 0 Å². The molecule has 6 heterocycles. The number of carbonyl (C=O) groups excluding carboxylic acids is 1. The molecule has 0 unspecified atom stereocenters. The van der Waals surface area contributed by atoms with E-state index in [1.165, 1.54) is 0 Å². The first kappa shape index (κ1) is 32.9. The van der Waals surface area contributed by atoms with E-state index < -0.39 is 0 Å². The maximum atomic E-state index is 13.3. The Morgan fingerprint density at radius 2 is 1.65 bits per heavy atom. The molecule has 0 radical (unpaired) electrons. The van der Waals surface area contributed by atoms with E-state index >= 15 is 0 Å². The van der Waals surface area contributed by atoms with Crippen LogP contribution in [-0.4, -0.2) is 95.8 Å². The van der Waals surface area contributed by atoms with Gasteiger partial charge in [0.05, 0.1) is 15.6 Å². The number of rotatable bonds is 8. The van der Waals surface area contributed by atoms with Crippen LogP contribution in [0, 0.1) is 11.3 Å².